The van der Waals surface area contributed by atoms with Crippen LogP contribution in [-0.2, 0) is 10.0 Å². The lowest BCUT2D eigenvalue weighted by atomic mass is 10.0. The highest BCUT2D eigenvalue weighted by molar-refractivity contribution is 7.92. The van der Waals surface area contributed by atoms with Gasteiger partial charge in [0.2, 0.25) is 0 Å². The molecule has 3 rings (SSSR count). The molecule has 162 valence electrons. The van der Waals surface area contributed by atoms with Crippen molar-refractivity contribution in [3.63, 3.8) is 0 Å². The summed E-state index contributed by atoms with van der Waals surface area (Å²) in [5.41, 5.74) is 0.875. The van der Waals surface area contributed by atoms with Crippen molar-refractivity contribution in [1.82, 2.24) is 10.2 Å². The SMILES string of the molecule is CCCCN1CCC(NC(=O)c2ccc(S(=O)(=O)Nc3ccc(Cl)cc3)cc2)CC1. The summed E-state index contributed by atoms with van der Waals surface area (Å²) in [6.07, 6.45) is 4.27. The number of benzene rings is 2. The highest BCUT2D eigenvalue weighted by Gasteiger charge is 2.21. The summed E-state index contributed by atoms with van der Waals surface area (Å²) in [4.78, 5) is 15.1. The van der Waals surface area contributed by atoms with Crippen molar-refractivity contribution in [3.8, 4) is 0 Å². The third kappa shape index (κ3) is 6.20. The van der Waals surface area contributed by atoms with Crippen molar-refractivity contribution in [2.45, 2.75) is 43.5 Å². The second kappa shape index (κ2) is 10.3. The first-order valence-electron chi connectivity index (χ1n) is 10.3. The summed E-state index contributed by atoms with van der Waals surface area (Å²) in [5.74, 6) is -0.170. The van der Waals surface area contributed by atoms with E-state index in [0.29, 0.717) is 16.3 Å². The van der Waals surface area contributed by atoms with Gasteiger partial charge in [0.1, 0.15) is 0 Å². The van der Waals surface area contributed by atoms with E-state index >= 15 is 0 Å². The third-order valence-corrected chi connectivity index (χ3v) is 6.92. The summed E-state index contributed by atoms with van der Waals surface area (Å²) in [7, 11) is -3.74. The number of rotatable bonds is 8. The molecular formula is C22H28ClN3O3S. The third-order valence-electron chi connectivity index (χ3n) is 5.27. The predicted octanol–water partition coefficient (Wildman–Crippen LogP) is 4.14. The van der Waals surface area contributed by atoms with Crippen molar-refractivity contribution in [3.05, 3.63) is 59.1 Å². The Hall–Kier alpha value is -2.09. The number of carbonyl (C=O) groups is 1. The van der Waals surface area contributed by atoms with Crippen molar-refractivity contribution < 1.29 is 13.2 Å². The summed E-state index contributed by atoms with van der Waals surface area (Å²) >= 11 is 5.83. The molecule has 1 aliphatic heterocycles. The number of anilines is 1. The minimum atomic E-state index is -3.74. The van der Waals surface area contributed by atoms with E-state index in [4.69, 9.17) is 11.6 Å². The fourth-order valence-electron chi connectivity index (χ4n) is 3.47. The lowest BCUT2D eigenvalue weighted by molar-refractivity contribution is 0.0910. The van der Waals surface area contributed by atoms with Gasteiger partial charge in [-0.1, -0.05) is 24.9 Å². The molecule has 0 atom stereocenters. The molecule has 2 aromatic rings. The van der Waals surface area contributed by atoms with E-state index < -0.39 is 10.0 Å². The Labute approximate surface area is 183 Å². The van der Waals surface area contributed by atoms with Gasteiger partial charge >= 0.3 is 0 Å². The molecule has 0 aromatic heterocycles. The quantitative estimate of drug-likeness (QED) is 0.635. The zero-order valence-electron chi connectivity index (χ0n) is 17.1. The Morgan fingerprint density at radius 1 is 1.07 bits per heavy atom. The molecule has 1 amide bonds. The highest BCUT2D eigenvalue weighted by atomic mass is 35.5. The van der Waals surface area contributed by atoms with E-state index in [0.717, 1.165) is 32.5 Å². The predicted molar refractivity (Wildman–Crippen MR) is 121 cm³/mol. The zero-order valence-corrected chi connectivity index (χ0v) is 18.7. The Bertz CT molecular complexity index is 939. The van der Waals surface area contributed by atoms with Crippen LogP contribution in [0.25, 0.3) is 0 Å². The molecule has 1 aliphatic rings. The summed E-state index contributed by atoms with van der Waals surface area (Å²) in [6, 6.07) is 12.5. The van der Waals surface area contributed by atoms with Gasteiger partial charge < -0.3 is 10.2 Å². The number of hydrogen-bond acceptors (Lipinski definition) is 4. The molecule has 0 radical (unpaired) electrons. The van der Waals surface area contributed by atoms with Crippen LogP contribution >= 0.6 is 11.6 Å². The molecule has 0 unspecified atom stereocenters. The van der Waals surface area contributed by atoms with E-state index in [-0.39, 0.29) is 16.8 Å². The Kier molecular flexibility index (Phi) is 7.75. The van der Waals surface area contributed by atoms with Crippen LogP contribution < -0.4 is 10.0 Å². The average Bonchev–Trinajstić information content (AvgIpc) is 2.75. The number of amides is 1. The van der Waals surface area contributed by atoms with Crippen LogP contribution in [0.5, 0.6) is 0 Å². The van der Waals surface area contributed by atoms with Crippen LogP contribution in [0.3, 0.4) is 0 Å². The lowest BCUT2D eigenvalue weighted by Gasteiger charge is -2.32. The standard InChI is InChI=1S/C22H28ClN3O3S/c1-2-3-14-26-15-12-19(13-16-26)24-22(27)17-4-10-21(11-5-17)30(28,29)25-20-8-6-18(23)7-9-20/h4-11,19,25H,2-3,12-16H2,1H3,(H,24,27). The average molecular weight is 450 g/mol. The molecule has 1 heterocycles. The Morgan fingerprint density at radius 2 is 1.70 bits per heavy atom. The van der Waals surface area contributed by atoms with Crippen LogP contribution in [0, 0.1) is 0 Å². The molecule has 0 aliphatic carbocycles. The summed E-state index contributed by atoms with van der Waals surface area (Å²) in [6.45, 7) is 5.31. The van der Waals surface area contributed by atoms with Gasteiger partial charge in [0.15, 0.2) is 0 Å². The number of likely N-dealkylation sites (tertiary alicyclic amines) is 1. The Balaban J connectivity index is 1.56. The van der Waals surface area contributed by atoms with Crippen LogP contribution in [-0.4, -0.2) is 44.9 Å². The van der Waals surface area contributed by atoms with Crippen LogP contribution in [0.15, 0.2) is 53.4 Å². The minimum absolute atomic E-state index is 0.0956. The number of sulfonamides is 1. The van der Waals surface area contributed by atoms with Gasteiger partial charge in [0.05, 0.1) is 4.90 Å². The number of nitrogens with one attached hydrogen (secondary N) is 2. The maximum absolute atomic E-state index is 12.5. The molecule has 1 fully saturated rings. The molecule has 2 N–H and O–H groups in total. The van der Waals surface area contributed by atoms with Crippen LogP contribution in [0.2, 0.25) is 5.02 Å². The molecule has 1 saturated heterocycles. The smallest absolute Gasteiger partial charge is 0.261 e. The van der Waals surface area contributed by atoms with E-state index in [1.807, 2.05) is 0 Å². The van der Waals surface area contributed by atoms with Gasteiger partial charge in [0, 0.05) is 35.4 Å². The summed E-state index contributed by atoms with van der Waals surface area (Å²) < 4.78 is 27.6. The van der Waals surface area contributed by atoms with Crippen molar-refractivity contribution in [2.24, 2.45) is 0 Å². The number of halogens is 1. The van der Waals surface area contributed by atoms with Crippen molar-refractivity contribution in [1.29, 1.82) is 0 Å². The first-order valence-corrected chi connectivity index (χ1v) is 12.1. The topological polar surface area (TPSA) is 78.5 Å². The maximum Gasteiger partial charge on any atom is 0.261 e. The molecule has 0 bridgehead atoms. The van der Waals surface area contributed by atoms with Crippen molar-refractivity contribution in [2.75, 3.05) is 24.4 Å². The molecule has 8 heteroatoms. The molecule has 0 spiro atoms. The van der Waals surface area contributed by atoms with E-state index in [1.54, 1.807) is 36.4 Å². The molecule has 30 heavy (non-hydrogen) atoms. The first kappa shape index (κ1) is 22.6. The molecule has 2 aromatic carbocycles. The zero-order chi connectivity index (χ0) is 21.6. The molecule has 6 nitrogen and oxygen atoms in total. The van der Waals surface area contributed by atoms with E-state index in [1.165, 1.54) is 25.0 Å². The second-order valence-electron chi connectivity index (χ2n) is 7.58. The van der Waals surface area contributed by atoms with E-state index in [2.05, 4.69) is 21.9 Å². The highest BCUT2D eigenvalue weighted by Crippen LogP contribution is 2.19. The number of unbranched alkanes of at least 4 members (excludes halogenated alkanes) is 1. The number of nitrogens with zero attached hydrogens (tertiary/aromatic N) is 1. The van der Waals surface area contributed by atoms with Gasteiger partial charge in [0.25, 0.3) is 15.9 Å². The monoisotopic (exact) mass is 449 g/mol. The summed E-state index contributed by atoms with van der Waals surface area (Å²) in [5, 5.41) is 3.60. The van der Waals surface area contributed by atoms with Crippen LogP contribution in [0.1, 0.15) is 43.0 Å². The van der Waals surface area contributed by atoms with E-state index in [9.17, 15) is 13.2 Å². The van der Waals surface area contributed by atoms with Gasteiger partial charge in [-0.25, -0.2) is 8.42 Å². The van der Waals surface area contributed by atoms with Crippen LogP contribution in [0.4, 0.5) is 5.69 Å². The molecular weight excluding hydrogens is 422 g/mol. The van der Waals surface area contributed by atoms with Gasteiger partial charge in [-0.15, -0.1) is 0 Å². The minimum Gasteiger partial charge on any atom is -0.349 e. The maximum atomic E-state index is 12.5. The van der Waals surface area contributed by atoms with Gasteiger partial charge in [-0.2, -0.15) is 0 Å². The van der Waals surface area contributed by atoms with Gasteiger partial charge in [-0.3, -0.25) is 9.52 Å². The van der Waals surface area contributed by atoms with Crippen molar-refractivity contribution >= 4 is 33.2 Å². The molecule has 0 saturated carbocycles. The largest absolute Gasteiger partial charge is 0.349 e. The fraction of sp³-hybridized carbons (Fsp3) is 0.409. The normalized spacial score (nSPS) is 15.7. The fourth-order valence-corrected chi connectivity index (χ4v) is 4.65. The van der Waals surface area contributed by atoms with Gasteiger partial charge in [-0.05, 0) is 74.3 Å². The first-order chi connectivity index (χ1) is 14.4. The number of carbonyl (C=O) groups excluding carboxylic acids is 1. The second-order valence-corrected chi connectivity index (χ2v) is 9.70. The Morgan fingerprint density at radius 3 is 2.30 bits per heavy atom. The number of hydrogen-bond donors (Lipinski definition) is 2. The lowest BCUT2D eigenvalue weighted by Crippen LogP contribution is -2.44. The number of piperidine rings is 1.